The van der Waals surface area contributed by atoms with E-state index in [0.717, 1.165) is 0 Å². The van der Waals surface area contributed by atoms with Crippen molar-refractivity contribution in [2.45, 2.75) is 20.8 Å². The van der Waals surface area contributed by atoms with Crippen molar-refractivity contribution in [2.24, 2.45) is 0 Å². The molecular weight excluding hydrogens is 374 g/mol. The number of methoxy groups -OCH3 is 1. The van der Waals surface area contributed by atoms with Crippen LogP contribution in [0.1, 0.15) is 20.8 Å². The zero-order valence-corrected chi connectivity index (χ0v) is 17.1. The highest BCUT2D eigenvalue weighted by molar-refractivity contribution is 5.96. The number of amides is 2. The molecular formula is C21H27N3O5. The first-order valence-electron chi connectivity index (χ1n) is 9.35. The molecule has 8 heteroatoms. The summed E-state index contributed by atoms with van der Waals surface area (Å²) in [7, 11) is 1.53. The molecule has 2 aromatic carbocycles. The van der Waals surface area contributed by atoms with Gasteiger partial charge < -0.3 is 30.2 Å². The molecule has 0 saturated carbocycles. The van der Waals surface area contributed by atoms with E-state index in [4.69, 9.17) is 14.2 Å². The van der Waals surface area contributed by atoms with Gasteiger partial charge in [-0.3, -0.25) is 9.59 Å². The van der Waals surface area contributed by atoms with E-state index in [1.165, 1.54) is 14.0 Å². The Morgan fingerprint density at radius 3 is 2.28 bits per heavy atom. The highest BCUT2D eigenvalue weighted by Crippen LogP contribution is 2.30. The molecule has 2 amide bonds. The molecule has 0 unspecified atom stereocenters. The third kappa shape index (κ3) is 6.60. The topological polar surface area (TPSA) is 97.9 Å². The number of ether oxygens (including phenoxy) is 3. The second-order valence-corrected chi connectivity index (χ2v) is 6.02. The van der Waals surface area contributed by atoms with Gasteiger partial charge in [-0.05, 0) is 44.2 Å². The summed E-state index contributed by atoms with van der Waals surface area (Å²) in [6.07, 6.45) is 0. The summed E-state index contributed by atoms with van der Waals surface area (Å²) in [6.45, 7) is 6.18. The molecule has 3 N–H and O–H groups in total. The number of anilines is 3. The molecule has 0 aromatic heterocycles. The van der Waals surface area contributed by atoms with E-state index in [-0.39, 0.29) is 18.4 Å². The van der Waals surface area contributed by atoms with Crippen molar-refractivity contribution < 1.29 is 23.8 Å². The standard InChI is InChI=1S/C21H27N3O5/c1-5-28-16-8-10-20(29-6-2)18(12-16)24-21(26)13-22-17-11-15(23-14(3)25)7-9-19(17)27-4/h7-12,22H,5-6,13H2,1-4H3,(H,23,25)(H,24,26). The summed E-state index contributed by atoms with van der Waals surface area (Å²) >= 11 is 0. The smallest absolute Gasteiger partial charge is 0.243 e. The maximum atomic E-state index is 12.5. The summed E-state index contributed by atoms with van der Waals surface area (Å²) in [4.78, 5) is 23.8. The van der Waals surface area contributed by atoms with Crippen LogP contribution < -0.4 is 30.2 Å². The number of nitrogens with one attached hydrogen (secondary N) is 3. The number of benzene rings is 2. The Morgan fingerprint density at radius 2 is 1.62 bits per heavy atom. The molecule has 8 nitrogen and oxygen atoms in total. The normalized spacial score (nSPS) is 10.1. The Balaban J connectivity index is 2.09. The number of hydrogen-bond acceptors (Lipinski definition) is 6. The fourth-order valence-electron chi connectivity index (χ4n) is 2.64. The largest absolute Gasteiger partial charge is 0.495 e. The van der Waals surface area contributed by atoms with Crippen LogP contribution in [0.25, 0.3) is 0 Å². The summed E-state index contributed by atoms with van der Waals surface area (Å²) in [5, 5.41) is 8.56. The van der Waals surface area contributed by atoms with Crippen LogP contribution in [0.5, 0.6) is 17.2 Å². The monoisotopic (exact) mass is 401 g/mol. The van der Waals surface area contributed by atoms with Crippen LogP contribution in [0.4, 0.5) is 17.1 Å². The van der Waals surface area contributed by atoms with Gasteiger partial charge in [-0.25, -0.2) is 0 Å². The van der Waals surface area contributed by atoms with Crippen molar-refractivity contribution >= 4 is 28.9 Å². The second kappa shape index (κ2) is 10.8. The van der Waals surface area contributed by atoms with Gasteiger partial charge in [-0.15, -0.1) is 0 Å². The van der Waals surface area contributed by atoms with Gasteiger partial charge in [0.25, 0.3) is 0 Å². The number of hydrogen-bond donors (Lipinski definition) is 3. The molecule has 0 atom stereocenters. The van der Waals surface area contributed by atoms with Gasteiger partial charge in [0.1, 0.15) is 17.2 Å². The van der Waals surface area contributed by atoms with Gasteiger partial charge >= 0.3 is 0 Å². The fourth-order valence-corrected chi connectivity index (χ4v) is 2.64. The van der Waals surface area contributed by atoms with E-state index in [9.17, 15) is 9.59 Å². The van der Waals surface area contributed by atoms with Gasteiger partial charge in [-0.2, -0.15) is 0 Å². The Kier molecular flexibility index (Phi) is 8.14. The van der Waals surface area contributed by atoms with Crippen LogP contribution in [0, 0.1) is 0 Å². The lowest BCUT2D eigenvalue weighted by molar-refractivity contribution is -0.115. The van der Waals surface area contributed by atoms with E-state index >= 15 is 0 Å². The average molecular weight is 401 g/mol. The highest BCUT2D eigenvalue weighted by Gasteiger charge is 2.12. The van der Waals surface area contributed by atoms with Gasteiger partial charge in [0.2, 0.25) is 11.8 Å². The third-order valence-electron chi connectivity index (χ3n) is 3.80. The lowest BCUT2D eigenvalue weighted by Gasteiger charge is -2.15. The van der Waals surface area contributed by atoms with Gasteiger partial charge in [-0.1, -0.05) is 0 Å². The molecule has 2 aromatic rings. The molecule has 0 bridgehead atoms. The van der Waals surface area contributed by atoms with Crippen LogP contribution in [0.3, 0.4) is 0 Å². The molecule has 0 saturated heterocycles. The van der Waals surface area contributed by atoms with Crippen molar-refractivity contribution in [3.63, 3.8) is 0 Å². The summed E-state index contributed by atoms with van der Waals surface area (Å²) in [6, 6.07) is 10.4. The van der Waals surface area contributed by atoms with Gasteiger partial charge in [0.05, 0.1) is 38.2 Å². The van der Waals surface area contributed by atoms with Crippen LogP contribution >= 0.6 is 0 Å². The molecule has 0 aliphatic rings. The molecule has 0 aliphatic heterocycles. The second-order valence-electron chi connectivity index (χ2n) is 6.02. The fraction of sp³-hybridized carbons (Fsp3) is 0.333. The molecule has 2 rings (SSSR count). The van der Waals surface area contributed by atoms with Crippen molar-refractivity contribution in [1.29, 1.82) is 0 Å². The minimum absolute atomic E-state index is 0.00961. The zero-order chi connectivity index (χ0) is 21.2. The van der Waals surface area contributed by atoms with Crippen molar-refractivity contribution in [3.05, 3.63) is 36.4 Å². The maximum absolute atomic E-state index is 12.5. The van der Waals surface area contributed by atoms with Crippen molar-refractivity contribution in [1.82, 2.24) is 0 Å². The summed E-state index contributed by atoms with van der Waals surface area (Å²) in [5.74, 6) is 1.31. The van der Waals surface area contributed by atoms with Crippen LogP contribution in [0.15, 0.2) is 36.4 Å². The van der Waals surface area contributed by atoms with E-state index in [1.807, 2.05) is 13.8 Å². The first-order valence-corrected chi connectivity index (χ1v) is 9.35. The van der Waals surface area contributed by atoms with E-state index in [0.29, 0.717) is 47.5 Å². The highest BCUT2D eigenvalue weighted by atomic mass is 16.5. The molecule has 0 aliphatic carbocycles. The molecule has 29 heavy (non-hydrogen) atoms. The van der Waals surface area contributed by atoms with Crippen molar-refractivity contribution in [3.8, 4) is 17.2 Å². The van der Waals surface area contributed by atoms with E-state index in [2.05, 4.69) is 16.0 Å². The van der Waals surface area contributed by atoms with E-state index in [1.54, 1.807) is 36.4 Å². The molecule has 156 valence electrons. The summed E-state index contributed by atoms with van der Waals surface area (Å²) < 4.78 is 16.4. The first kappa shape index (κ1) is 21.9. The molecule has 0 radical (unpaired) electrons. The quantitative estimate of drug-likeness (QED) is 0.564. The van der Waals surface area contributed by atoms with Gasteiger partial charge in [0.15, 0.2) is 0 Å². The maximum Gasteiger partial charge on any atom is 0.243 e. The van der Waals surface area contributed by atoms with Crippen LogP contribution in [-0.4, -0.2) is 38.7 Å². The molecule has 0 fully saturated rings. The van der Waals surface area contributed by atoms with Crippen molar-refractivity contribution in [2.75, 3.05) is 42.8 Å². The Hall–Kier alpha value is -3.42. The number of rotatable bonds is 10. The number of carbonyl (C=O) groups is 2. The minimum Gasteiger partial charge on any atom is -0.495 e. The Morgan fingerprint density at radius 1 is 0.897 bits per heavy atom. The zero-order valence-electron chi connectivity index (χ0n) is 17.1. The van der Waals surface area contributed by atoms with Crippen LogP contribution in [-0.2, 0) is 9.59 Å². The summed E-state index contributed by atoms with van der Waals surface area (Å²) in [5.41, 5.74) is 1.72. The Labute approximate surface area is 170 Å². The Bertz CT molecular complexity index is 854. The molecule has 0 heterocycles. The minimum atomic E-state index is -0.272. The lowest BCUT2D eigenvalue weighted by atomic mass is 10.2. The first-order chi connectivity index (χ1) is 14.0. The SMILES string of the molecule is CCOc1ccc(OCC)c(NC(=O)CNc2cc(NC(C)=O)ccc2OC)c1. The van der Waals surface area contributed by atoms with Crippen LogP contribution in [0.2, 0.25) is 0 Å². The average Bonchev–Trinajstić information content (AvgIpc) is 2.68. The van der Waals surface area contributed by atoms with Gasteiger partial charge in [0, 0.05) is 18.7 Å². The predicted octanol–water partition coefficient (Wildman–Crippen LogP) is 3.50. The molecule has 0 spiro atoms. The third-order valence-corrected chi connectivity index (χ3v) is 3.80. The lowest BCUT2D eigenvalue weighted by Crippen LogP contribution is -2.22. The predicted molar refractivity (Wildman–Crippen MR) is 113 cm³/mol. The number of carbonyl (C=O) groups excluding carboxylic acids is 2. The van der Waals surface area contributed by atoms with E-state index < -0.39 is 0 Å².